The van der Waals surface area contributed by atoms with Crippen molar-refractivity contribution in [3.05, 3.63) is 52.7 Å². The second kappa shape index (κ2) is 5.52. The predicted molar refractivity (Wildman–Crippen MR) is 67.3 cm³/mol. The van der Waals surface area contributed by atoms with Gasteiger partial charge < -0.3 is 4.52 Å². The fourth-order valence-corrected chi connectivity index (χ4v) is 1.70. The van der Waals surface area contributed by atoms with Gasteiger partial charge in [-0.2, -0.15) is 0 Å². The van der Waals surface area contributed by atoms with Crippen molar-refractivity contribution in [1.82, 2.24) is 16.0 Å². The SMILES string of the molecule is Cc1noc(C)c1C(=O)NNC(=O)c1ccccc1F. The highest BCUT2D eigenvalue weighted by atomic mass is 19.1. The highest BCUT2D eigenvalue weighted by Crippen LogP contribution is 2.11. The number of hydrogen-bond donors (Lipinski definition) is 2. The molecule has 2 N–H and O–H groups in total. The van der Waals surface area contributed by atoms with Crippen molar-refractivity contribution in [3.63, 3.8) is 0 Å². The molecule has 2 rings (SSSR count). The lowest BCUT2D eigenvalue weighted by Crippen LogP contribution is -2.42. The van der Waals surface area contributed by atoms with Gasteiger partial charge >= 0.3 is 0 Å². The minimum Gasteiger partial charge on any atom is -0.361 e. The Kier molecular flexibility index (Phi) is 3.79. The summed E-state index contributed by atoms with van der Waals surface area (Å²) < 4.78 is 18.2. The second-order valence-electron chi connectivity index (χ2n) is 4.09. The molecule has 0 atom stereocenters. The van der Waals surface area contributed by atoms with Crippen LogP contribution in [-0.4, -0.2) is 17.0 Å². The fraction of sp³-hybridized carbons (Fsp3) is 0.154. The van der Waals surface area contributed by atoms with Gasteiger partial charge in [0.1, 0.15) is 17.1 Å². The minimum atomic E-state index is -0.747. The summed E-state index contributed by atoms with van der Waals surface area (Å²) in [5.74, 6) is -1.66. The van der Waals surface area contributed by atoms with Crippen LogP contribution < -0.4 is 10.9 Å². The van der Waals surface area contributed by atoms with Crippen LogP contribution in [0, 0.1) is 19.7 Å². The zero-order valence-corrected chi connectivity index (χ0v) is 10.9. The first kappa shape index (κ1) is 13.7. The molecule has 1 heterocycles. The number of hydrazine groups is 1. The maximum atomic E-state index is 13.4. The van der Waals surface area contributed by atoms with Gasteiger partial charge in [-0.15, -0.1) is 0 Å². The van der Waals surface area contributed by atoms with E-state index in [1.165, 1.54) is 18.2 Å². The maximum Gasteiger partial charge on any atom is 0.275 e. The molecule has 0 aliphatic rings. The largest absolute Gasteiger partial charge is 0.361 e. The summed E-state index contributed by atoms with van der Waals surface area (Å²) >= 11 is 0. The molecule has 1 aromatic carbocycles. The van der Waals surface area contributed by atoms with Crippen LogP contribution in [0.3, 0.4) is 0 Å². The topological polar surface area (TPSA) is 84.2 Å². The zero-order chi connectivity index (χ0) is 14.7. The first-order chi connectivity index (χ1) is 9.50. The summed E-state index contributed by atoms with van der Waals surface area (Å²) in [6.07, 6.45) is 0. The minimum absolute atomic E-state index is 0.161. The molecular formula is C13H12FN3O3. The lowest BCUT2D eigenvalue weighted by molar-refractivity contribution is 0.0843. The van der Waals surface area contributed by atoms with E-state index in [4.69, 9.17) is 4.52 Å². The highest BCUT2D eigenvalue weighted by molar-refractivity contribution is 6.00. The van der Waals surface area contributed by atoms with Gasteiger partial charge in [0.2, 0.25) is 0 Å². The zero-order valence-electron chi connectivity index (χ0n) is 10.9. The van der Waals surface area contributed by atoms with Crippen LogP contribution >= 0.6 is 0 Å². The number of rotatable bonds is 2. The maximum absolute atomic E-state index is 13.4. The van der Waals surface area contributed by atoms with E-state index in [-0.39, 0.29) is 11.1 Å². The normalized spacial score (nSPS) is 10.2. The van der Waals surface area contributed by atoms with Crippen LogP contribution in [0.15, 0.2) is 28.8 Å². The number of carbonyl (C=O) groups excluding carboxylic acids is 2. The van der Waals surface area contributed by atoms with Gasteiger partial charge in [-0.05, 0) is 26.0 Å². The van der Waals surface area contributed by atoms with Crippen molar-refractivity contribution < 1.29 is 18.5 Å². The molecule has 2 aromatic rings. The third-order valence-electron chi connectivity index (χ3n) is 2.67. The van der Waals surface area contributed by atoms with E-state index in [0.717, 1.165) is 6.07 Å². The van der Waals surface area contributed by atoms with Crippen LogP contribution in [0.2, 0.25) is 0 Å². The number of carbonyl (C=O) groups is 2. The molecule has 6 nitrogen and oxygen atoms in total. The van der Waals surface area contributed by atoms with Crippen LogP contribution in [0.1, 0.15) is 32.2 Å². The average molecular weight is 277 g/mol. The van der Waals surface area contributed by atoms with E-state index < -0.39 is 17.6 Å². The summed E-state index contributed by atoms with van der Waals surface area (Å²) in [6.45, 7) is 3.18. The van der Waals surface area contributed by atoms with Crippen molar-refractivity contribution in [2.75, 3.05) is 0 Å². The highest BCUT2D eigenvalue weighted by Gasteiger charge is 2.18. The third-order valence-corrected chi connectivity index (χ3v) is 2.67. The van der Waals surface area contributed by atoms with E-state index in [1.54, 1.807) is 13.8 Å². The Labute approximate surface area is 113 Å². The molecular weight excluding hydrogens is 265 g/mol. The number of hydrogen-bond acceptors (Lipinski definition) is 4. The van der Waals surface area contributed by atoms with Gasteiger partial charge in [0.25, 0.3) is 11.8 Å². The number of halogens is 1. The lowest BCUT2D eigenvalue weighted by atomic mass is 10.2. The van der Waals surface area contributed by atoms with E-state index >= 15 is 0 Å². The monoisotopic (exact) mass is 277 g/mol. The fourth-order valence-electron chi connectivity index (χ4n) is 1.70. The van der Waals surface area contributed by atoms with Gasteiger partial charge in [-0.25, -0.2) is 4.39 Å². The molecule has 2 amide bonds. The van der Waals surface area contributed by atoms with E-state index in [0.29, 0.717) is 11.5 Å². The number of nitrogens with one attached hydrogen (secondary N) is 2. The summed E-state index contributed by atoms with van der Waals surface area (Å²) in [5, 5.41) is 3.63. The third kappa shape index (κ3) is 2.66. The standard InChI is InChI=1S/C13H12FN3O3/c1-7-11(8(2)20-17-7)13(19)16-15-12(18)9-5-3-4-6-10(9)14/h3-6H,1-2H3,(H,15,18)(H,16,19). The Balaban J connectivity index is 2.05. The van der Waals surface area contributed by atoms with Crippen molar-refractivity contribution in [2.45, 2.75) is 13.8 Å². The Bertz CT molecular complexity index is 647. The van der Waals surface area contributed by atoms with Gasteiger partial charge in [-0.1, -0.05) is 17.3 Å². The molecule has 0 aliphatic heterocycles. The molecule has 0 radical (unpaired) electrons. The van der Waals surface area contributed by atoms with E-state index in [2.05, 4.69) is 16.0 Å². The predicted octanol–water partition coefficient (Wildman–Crippen LogP) is 1.51. The molecule has 1 aromatic heterocycles. The van der Waals surface area contributed by atoms with E-state index in [1.807, 2.05) is 0 Å². The number of amides is 2. The summed E-state index contributed by atoms with van der Waals surface area (Å²) in [7, 11) is 0. The lowest BCUT2D eigenvalue weighted by Gasteiger charge is -2.07. The Morgan fingerprint density at radius 3 is 2.40 bits per heavy atom. The van der Waals surface area contributed by atoms with Crippen LogP contribution in [0.5, 0.6) is 0 Å². The first-order valence-corrected chi connectivity index (χ1v) is 5.78. The Morgan fingerprint density at radius 1 is 1.15 bits per heavy atom. The molecule has 0 saturated carbocycles. The number of benzene rings is 1. The average Bonchev–Trinajstić information content (AvgIpc) is 2.76. The van der Waals surface area contributed by atoms with Crippen molar-refractivity contribution in [3.8, 4) is 0 Å². The number of nitrogens with zero attached hydrogens (tertiary/aromatic N) is 1. The first-order valence-electron chi connectivity index (χ1n) is 5.78. The van der Waals surface area contributed by atoms with Crippen LogP contribution in [0.4, 0.5) is 4.39 Å². The quantitative estimate of drug-likeness (QED) is 0.815. The number of aromatic nitrogens is 1. The van der Waals surface area contributed by atoms with E-state index in [9.17, 15) is 14.0 Å². The molecule has 0 aliphatic carbocycles. The van der Waals surface area contributed by atoms with Crippen LogP contribution in [0.25, 0.3) is 0 Å². The molecule has 104 valence electrons. The molecule has 7 heteroatoms. The van der Waals surface area contributed by atoms with Crippen molar-refractivity contribution >= 4 is 11.8 Å². The molecule has 0 bridgehead atoms. The van der Waals surface area contributed by atoms with Crippen molar-refractivity contribution in [2.24, 2.45) is 0 Å². The summed E-state index contributed by atoms with van der Waals surface area (Å²) in [4.78, 5) is 23.6. The van der Waals surface area contributed by atoms with Gasteiger partial charge in [0.15, 0.2) is 0 Å². The van der Waals surface area contributed by atoms with Gasteiger partial charge in [0.05, 0.1) is 11.3 Å². The molecule has 0 saturated heterocycles. The Morgan fingerprint density at radius 2 is 1.80 bits per heavy atom. The number of aryl methyl sites for hydroxylation is 2. The summed E-state index contributed by atoms with van der Waals surface area (Å²) in [6, 6.07) is 5.46. The molecule has 0 fully saturated rings. The summed E-state index contributed by atoms with van der Waals surface area (Å²) in [5.41, 5.74) is 4.80. The smallest absolute Gasteiger partial charge is 0.275 e. The second-order valence-corrected chi connectivity index (χ2v) is 4.09. The molecule has 20 heavy (non-hydrogen) atoms. The Hall–Kier alpha value is -2.70. The van der Waals surface area contributed by atoms with Gasteiger partial charge in [0, 0.05) is 0 Å². The van der Waals surface area contributed by atoms with Crippen molar-refractivity contribution in [1.29, 1.82) is 0 Å². The van der Waals surface area contributed by atoms with Crippen LogP contribution in [-0.2, 0) is 0 Å². The molecule has 0 spiro atoms. The van der Waals surface area contributed by atoms with Gasteiger partial charge in [-0.3, -0.25) is 20.4 Å². The molecule has 0 unspecified atom stereocenters.